The van der Waals surface area contributed by atoms with E-state index >= 15 is 0 Å². The Morgan fingerprint density at radius 1 is 0.851 bits per heavy atom. The van der Waals surface area contributed by atoms with Crippen molar-refractivity contribution in [3.63, 3.8) is 0 Å². The lowest BCUT2D eigenvalue weighted by Gasteiger charge is -2.57. The van der Waals surface area contributed by atoms with Crippen molar-refractivity contribution in [1.29, 1.82) is 0 Å². The normalized spacial score (nSPS) is 30.5. The second-order valence-corrected chi connectivity index (χ2v) is 17.2. The maximum atomic E-state index is 13.2. The van der Waals surface area contributed by atoms with Gasteiger partial charge in [0, 0.05) is 6.42 Å². The van der Waals surface area contributed by atoms with E-state index in [1.54, 1.807) is 0 Å². The number of ether oxygens (including phenoxy) is 1. The van der Waals surface area contributed by atoms with Crippen molar-refractivity contribution in [2.45, 2.75) is 183 Å². The molecule has 2 heteroatoms. The highest BCUT2D eigenvalue weighted by molar-refractivity contribution is 5.71. The van der Waals surface area contributed by atoms with Crippen LogP contribution < -0.4 is 0 Å². The number of esters is 1. The van der Waals surface area contributed by atoms with E-state index < -0.39 is 0 Å². The van der Waals surface area contributed by atoms with Gasteiger partial charge in [0.15, 0.2) is 0 Å². The molecule has 2 saturated carbocycles. The molecule has 0 N–H and O–H groups in total. The molecule has 4 rings (SSSR count). The van der Waals surface area contributed by atoms with E-state index in [4.69, 9.17) is 4.74 Å². The van der Waals surface area contributed by atoms with Crippen LogP contribution in [0.25, 0.3) is 0 Å². The van der Waals surface area contributed by atoms with E-state index in [0.29, 0.717) is 23.7 Å². The molecule has 0 bridgehead atoms. The van der Waals surface area contributed by atoms with Crippen LogP contribution in [-0.2, 0) is 9.53 Å². The van der Waals surface area contributed by atoms with Crippen LogP contribution in [0.5, 0.6) is 0 Å². The van der Waals surface area contributed by atoms with E-state index in [0.717, 1.165) is 42.3 Å². The zero-order chi connectivity index (χ0) is 33.7. The topological polar surface area (TPSA) is 26.3 Å². The molecule has 47 heavy (non-hydrogen) atoms. The minimum absolute atomic E-state index is 0.0244. The number of carbonyl (C=O) groups is 1. The summed E-state index contributed by atoms with van der Waals surface area (Å²) in [5.41, 5.74) is 1.69. The third kappa shape index (κ3) is 10.0. The molecule has 0 aromatic rings. The minimum Gasteiger partial charge on any atom is -0.430 e. The van der Waals surface area contributed by atoms with Crippen LogP contribution in [0, 0.1) is 46.3 Å². The summed E-state index contributed by atoms with van der Waals surface area (Å²) < 4.78 is 6.31. The van der Waals surface area contributed by atoms with Crippen LogP contribution in [0.4, 0.5) is 0 Å². The van der Waals surface area contributed by atoms with E-state index in [-0.39, 0.29) is 11.4 Å². The summed E-state index contributed by atoms with van der Waals surface area (Å²) in [7, 11) is 0. The highest BCUT2D eigenvalue weighted by atomic mass is 16.5. The van der Waals surface area contributed by atoms with Crippen molar-refractivity contribution in [2.75, 3.05) is 0 Å². The summed E-state index contributed by atoms with van der Waals surface area (Å²) in [5, 5.41) is 0. The van der Waals surface area contributed by atoms with Gasteiger partial charge < -0.3 is 4.74 Å². The highest BCUT2D eigenvalue weighted by Crippen LogP contribution is 2.67. The Kier molecular flexibility index (Phi) is 15.4. The minimum atomic E-state index is -0.168. The lowest BCUT2D eigenvalue weighted by atomic mass is 9.48. The Labute approximate surface area is 291 Å². The maximum absolute atomic E-state index is 13.2. The number of rotatable bonds is 21. The lowest BCUT2D eigenvalue weighted by Crippen LogP contribution is -2.50. The molecule has 2 fully saturated rings. The first-order valence-corrected chi connectivity index (χ1v) is 20.7. The first-order chi connectivity index (χ1) is 22.7. The Morgan fingerprint density at radius 2 is 1.53 bits per heavy atom. The summed E-state index contributed by atoms with van der Waals surface area (Å²) >= 11 is 0. The Balaban J connectivity index is 1.20. The summed E-state index contributed by atoms with van der Waals surface area (Å²) in [6.07, 6.45) is 41.7. The fraction of sp³-hybridized carbons (Fsp3) is 0.800. The molecule has 0 heterocycles. The molecule has 266 valence electrons. The van der Waals surface area contributed by atoms with Crippen molar-refractivity contribution in [2.24, 2.45) is 46.3 Å². The Hall–Kier alpha value is -1.57. The standard InChI is InChI=1S/C45H74O2/c1-7-8-9-10-11-12-13-14-15-16-17-18-19-20-21-28-43(46)47-42-27-23-26-37-29-30-38-40-32-31-39(36(4)25-22-24-35(2)3)44(40,5)34-33-41(38)45(37,42)6/h14-15,23,26-27,29,35-36,38-41H,7-13,16-22,24-25,28,30-34H2,1-6H3/b15-14-/t36-,38+,39-,40+,41+,44-,45+/m1/s1. The van der Waals surface area contributed by atoms with Gasteiger partial charge in [0.1, 0.15) is 5.76 Å². The molecule has 0 radical (unpaired) electrons. The van der Waals surface area contributed by atoms with Crippen LogP contribution in [0.1, 0.15) is 183 Å². The first-order valence-electron chi connectivity index (χ1n) is 20.7. The Morgan fingerprint density at radius 3 is 2.23 bits per heavy atom. The molecular weight excluding hydrogens is 572 g/mol. The molecular formula is C45H74O2. The number of hydrogen-bond acceptors (Lipinski definition) is 2. The van der Waals surface area contributed by atoms with Crippen LogP contribution in [0.3, 0.4) is 0 Å². The molecule has 0 unspecified atom stereocenters. The van der Waals surface area contributed by atoms with Gasteiger partial charge in [-0.3, -0.25) is 4.79 Å². The van der Waals surface area contributed by atoms with Crippen molar-refractivity contribution in [3.05, 3.63) is 47.8 Å². The fourth-order valence-corrected chi connectivity index (χ4v) is 10.7. The van der Waals surface area contributed by atoms with Gasteiger partial charge in [0.05, 0.1) is 5.41 Å². The molecule has 0 saturated heterocycles. The summed E-state index contributed by atoms with van der Waals surface area (Å²) in [4.78, 5) is 13.2. The largest absolute Gasteiger partial charge is 0.430 e. The number of carbonyl (C=O) groups excluding carboxylic acids is 1. The molecule has 0 spiro atoms. The SMILES string of the molecule is CCCCCCCC/C=C\CCCCCCCC(=O)OC1=CC=CC2=CC[C@@H]3[C@H](CC[C@]4(C)[C@@H]([C@H](C)CCCC(C)C)CC[C@@H]34)[C@]21C. The van der Waals surface area contributed by atoms with Crippen LogP contribution >= 0.6 is 0 Å². The fourth-order valence-electron chi connectivity index (χ4n) is 10.7. The second kappa shape index (κ2) is 19.0. The van der Waals surface area contributed by atoms with Crippen molar-refractivity contribution in [1.82, 2.24) is 0 Å². The Bertz CT molecular complexity index is 1080. The van der Waals surface area contributed by atoms with Crippen molar-refractivity contribution in [3.8, 4) is 0 Å². The monoisotopic (exact) mass is 647 g/mol. The van der Waals surface area contributed by atoms with Gasteiger partial charge in [-0.1, -0.05) is 136 Å². The van der Waals surface area contributed by atoms with E-state index in [1.807, 2.05) is 0 Å². The molecule has 0 aromatic heterocycles. The van der Waals surface area contributed by atoms with Crippen molar-refractivity contribution >= 4 is 5.97 Å². The van der Waals surface area contributed by atoms with Gasteiger partial charge in [-0.2, -0.15) is 0 Å². The zero-order valence-corrected chi connectivity index (χ0v) is 31.8. The van der Waals surface area contributed by atoms with Crippen LogP contribution in [-0.4, -0.2) is 5.97 Å². The molecule has 0 aromatic carbocycles. The number of unbranched alkanes of at least 4 members (excludes halogenated alkanes) is 11. The van der Waals surface area contributed by atoms with Crippen LogP contribution in [0.2, 0.25) is 0 Å². The van der Waals surface area contributed by atoms with E-state index in [1.165, 1.54) is 128 Å². The molecule has 4 aliphatic rings. The first kappa shape index (κ1) is 38.2. The molecule has 0 aliphatic heterocycles. The third-order valence-electron chi connectivity index (χ3n) is 13.5. The quantitative estimate of drug-likeness (QED) is 0.0704. The molecule has 4 aliphatic carbocycles. The van der Waals surface area contributed by atoms with E-state index in [2.05, 4.69) is 78.0 Å². The van der Waals surface area contributed by atoms with Gasteiger partial charge >= 0.3 is 5.97 Å². The van der Waals surface area contributed by atoms with Crippen LogP contribution in [0.15, 0.2) is 47.8 Å². The number of hydrogen-bond donors (Lipinski definition) is 0. The lowest BCUT2D eigenvalue weighted by molar-refractivity contribution is -0.142. The molecule has 0 amide bonds. The summed E-state index contributed by atoms with van der Waals surface area (Å²) in [5.74, 6) is 5.49. The van der Waals surface area contributed by atoms with Crippen molar-refractivity contribution < 1.29 is 9.53 Å². The average Bonchev–Trinajstić information content (AvgIpc) is 3.40. The van der Waals surface area contributed by atoms with Gasteiger partial charge in [-0.05, 0) is 124 Å². The number of fused-ring (bicyclic) bond motifs is 5. The smallest absolute Gasteiger partial charge is 0.310 e. The summed E-state index contributed by atoms with van der Waals surface area (Å²) in [6.45, 7) is 14.6. The van der Waals surface area contributed by atoms with Gasteiger partial charge in [0.2, 0.25) is 0 Å². The summed E-state index contributed by atoms with van der Waals surface area (Å²) in [6, 6.07) is 0. The zero-order valence-electron chi connectivity index (χ0n) is 31.8. The average molecular weight is 647 g/mol. The maximum Gasteiger partial charge on any atom is 0.310 e. The van der Waals surface area contributed by atoms with Gasteiger partial charge in [-0.15, -0.1) is 0 Å². The predicted molar refractivity (Wildman–Crippen MR) is 202 cm³/mol. The predicted octanol–water partition coefficient (Wildman–Crippen LogP) is 13.9. The molecule has 7 atom stereocenters. The highest BCUT2D eigenvalue weighted by Gasteiger charge is 2.60. The number of allylic oxidation sites excluding steroid dienone is 7. The van der Waals surface area contributed by atoms with Gasteiger partial charge in [-0.25, -0.2) is 0 Å². The third-order valence-corrected chi connectivity index (χ3v) is 13.5. The van der Waals surface area contributed by atoms with E-state index in [9.17, 15) is 4.79 Å². The van der Waals surface area contributed by atoms with Gasteiger partial charge in [0.25, 0.3) is 0 Å². The second-order valence-electron chi connectivity index (χ2n) is 17.2. The molecule has 2 nitrogen and oxygen atoms in total.